The van der Waals surface area contributed by atoms with Gasteiger partial charge in [-0.3, -0.25) is 0 Å². The second kappa shape index (κ2) is 6.61. The highest BCUT2D eigenvalue weighted by Crippen LogP contribution is 2.31. The summed E-state index contributed by atoms with van der Waals surface area (Å²) in [5.41, 5.74) is 0.282. The van der Waals surface area contributed by atoms with E-state index in [2.05, 4.69) is 28.6 Å². The van der Waals surface area contributed by atoms with E-state index in [0.717, 1.165) is 38.4 Å². The molecule has 0 saturated carbocycles. The van der Waals surface area contributed by atoms with Gasteiger partial charge in [0.05, 0.1) is 0 Å². The summed E-state index contributed by atoms with van der Waals surface area (Å²) in [7, 11) is -1.42. The predicted octanol–water partition coefficient (Wildman–Crippen LogP) is 1.64. The molecule has 0 atom stereocenters. The third-order valence-electron chi connectivity index (χ3n) is 5.05. The molecule has 24 heavy (non-hydrogen) atoms. The van der Waals surface area contributed by atoms with Gasteiger partial charge in [0.25, 0.3) is 0 Å². The highest BCUT2D eigenvalue weighted by atomic mass is 32.2. The van der Waals surface area contributed by atoms with Crippen LogP contribution in [0, 0.1) is 5.41 Å². The van der Waals surface area contributed by atoms with Crippen molar-refractivity contribution in [3.63, 3.8) is 0 Å². The molecule has 0 spiro atoms. The number of pyridine rings is 1. The van der Waals surface area contributed by atoms with Crippen LogP contribution in [0.2, 0.25) is 0 Å². The average molecular weight is 353 g/mol. The van der Waals surface area contributed by atoms with Gasteiger partial charge in [0.2, 0.25) is 10.0 Å². The molecule has 1 aromatic rings. The third kappa shape index (κ3) is 3.73. The zero-order valence-electron chi connectivity index (χ0n) is 14.9. The monoisotopic (exact) mass is 352 g/mol. The van der Waals surface area contributed by atoms with Crippen molar-refractivity contribution in [1.29, 1.82) is 0 Å². The Kier molecular flexibility index (Phi) is 4.86. The van der Waals surface area contributed by atoms with Gasteiger partial charge in [-0.25, -0.2) is 13.4 Å². The maximum absolute atomic E-state index is 12.7. The molecular formula is C17H28N4O2S. The molecule has 2 aliphatic heterocycles. The zero-order valence-corrected chi connectivity index (χ0v) is 15.7. The van der Waals surface area contributed by atoms with E-state index in [9.17, 15) is 8.42 Å². The standard InChI is InChI=1S/C17H28N4O2S/c1-17(2)7-4-8-20(14-17)16-6-5-15(13-18-16)24(22,23)21-11-9-19(3)10-12-21/h5-6,13H,4,7-12,14H2,1-3H3. The van der Waals surface area contributed by atoms with Crippen LogP contribution in [-0.4, -0.2) is 68.9 Å². The highest BCUT2D eigenvalue weighted by molar-refractivity contribution is 7.89. The maximum Gasteiger partial charge on any atom is 0.244 e. The summed E-state index contributed by atoms with van der Waals surface area (Å²) >= 11 is 0. The van der Waals surface area contributed by atoms with Gasteiger partial charge in [-0.2, -0.15) is 4.31 Å². The molecule has 0 radical (unpaired) electrons. The molecule has 3 rings (SSSR count). The molecule has 7 heteroatoms. The number of hydrogen-bond donors (Lipinski definition) is 0. The molecule has 0 amide bonds. The van der Waals surface area contributed by atoms with Crippen molar-refractivity contribution in [2.45, 2.75) is 31.6 Å². The molecule has 0 aliphatic carbocycles. The first-order chi connectivity index (χ1) is 11.3. The van der Waals surface area contributed by atoms with Crippen molar-refractivity contribution in [2.75, 3.05) is 51.2 Å². The second-order valence-electron chi connectivity index (χ2n) is 7.75. The van der Waals surface area contributed by atoms with Gasteiger partial charge in [-0.1, -0.05) is 13.8 Å². The van der Waals surface area contributed by atoms with E-state index in [1.807, 2.05) is 13.1 Å². The van der Waals surface area contributed by atoms with E-state index in [-0.39, 0.29) is 5.41 Å². The molecule has 0 N–H and O–H groups in total. The van der Waals surface area contributed by atoms with Crippen molar-refractivity contribution in [2.24, 2.45) is 5.41 Å². The van der Waals surface area contributed by atoms with Gasteiger partial charge in [0, 0.05) is 45.5 Å². The Balaban J connectivity index is 1.74. The first-order valence-electron chi connectivity index (χ1n) is 8.68. The predicted molar refractivity (Wildman–Crippen MR) is 95.7 cm³/mol. The molecule has 0 bridgehead atoms. The number of nitrogens with zero attached hydrogens (tertiary/aromatic N) is 4. The van der Waals surface area contributed by atoms with E-state index < -0.39 is 10.0 Å². The van der Waals surface area contributed by atoms with Crippen molar-refractivity contribution in [3.05, 3.63) is 18.3 Å². The molecule has 2 fully saturated rings. The van der Waals surface area contributed by atoms with Crippen molar-refractivity contribution >= 4 is 15.8 Å². The zero-order chi connectivity index (χ0) is 17.4. The molecule has 0 aromatic carbocycles. The summed E-state index contributed by atoms with van der Waals surface area (Å²) in [6.45, 7) is 9.12. The summed E-state index contributed by atoms with van der Waals surface area (Å²) in [6.07, 6.45) is 3.89. The number of aromatic nitrogens is 1. The van der Waals surface area contributed by atoms with Gasteiger partial charge in [-0.05, 0) is 37.4 Å². The fraction of sp³-hybridized carbons (Fsp3) is 0.706. The molecule has 2 saturated heterocycles. The molecule has 2 aliphatic rings. The minimum atomic E-state index is -3.43. The fourth-order valence-electron chi connectivity index (χ4n) is 3.51. The lowest BCUT2D eigenvalue weighted by atomic mass is 9.84. The van der Waals surface area contributed by atoms with Crippen LogP contribution in [0.25, 0.3) is 0 Å². The Hall–Kier alpha value is -1.18. The van der Waals surface area contributed by atoms with E-state index >= 15 is 0 Å². The summed E-state index contributed by atoms with van der Waals surface area (Å²) in [5, 5.41) is 0. The summed E-state index contributed by atoms with van der Waals surface area (Å²) in [6, 6.07) is 3.56. The second-order valence-corrected chi connectivity index (χ2v) is 9.69. The maximum atomic E-state index is 12.7. The Morgan fingerprint density at radius 2 is 1.79 bits per heavy atom. The quantitative estimate of drug-likeness (QED) is 0.828. The summed E-state index contributed by atoms with van der Waals surface area (Å²) in [4.78, 5) is 9.16. The molecule has 1 aromatic heterocycles. The molecule has 6 nitrogen and oxygen atoms in total. The van der Waals surface area contributed by atoms with Crippen LogP contribution in [0.4, 0.5) is 5.82 Å². The largest absolute Gasteiger partial charge is 0.356 e. The Morgan fingerprint density at radius 3 is 2.38 bits per heavy atom. The Bertz CT molecular complexity index is 664. The number of piperidine rings is 1. The topological polar surface area (TPSA) is 56.8 Å². The average Bonchev–Trinajstić information content (AvgIpc) is 2.54. The lowest BCUT2D eigenvalue weighted by molar-refractivity contribution is 0.222. The molecule has 134 valence electrons. The van der Waals surface area contributed by atoms with Crippen LogP contribution in [-0.2, 0) is 10.0 Å². The SMILES string of the molecule is CN1CCN(S(=O)(=O)c2ccc(N3CCCC(C)(C)C3)nc2)CC1. The summed E-state index contributed by atoms with van der Waals surface area (Å²) < 4.78 is 27.0. The third-order valence-corrected chi connectivity index (χ3v) is 6.93. The van der Waals surface area contributed by atoms with E-state index in [0.29, 0.717) is 18.0 Å². The molecular weight excluding hydrogens is 324 g/mol. The minimum absolute atomic E-state index is 0.282. The number of rotatable bonds is 3. The van der Waals surface area contributed by atoms with Crippen LogP contribution >= 0.6 is 0 Å². The van der Waals surface area contributed by atoms with Gasteiger partial charge in [-0.15, -0.1) is 0 Å². The number of piperazine rings is 1. The van der Waals surface area contributed by atoms with E-state index in [1.165, 1.54) is 12.6 Å². The van der Waals surface area contributed by atoms with Crippen LogP contribution in [0.15, 0.2) is 23.2 Å². The van der Waals surface area contributed by atoms with Crippen LogP contribution < -0.4 is 4.90 Å². The molecule has 0 unspecified atom stereocenters. The highest BCUT2D eigenvalue weighted by Gasteiger charge is 2.29. The van der Waals surface area contributed by atoms with Crippen molar-refractivity contribution in [3.8, 4) is 0 Å². The Morgan fingerprint density at radius 1 is 1.08 bits per heavy atom. The first kappa shape index (κ1) is 17.6. The fourth-order valence-corrected chi connectivity index (χ4v) is 4.88. The number of hydrogen-bond acceptors (Lipinski definition) is 5. The smallest absolute Gasteiger partial charge is 0.244 e. The van der Waals surface area contributed by atoms with Crippen molar-refractivity contribution in [1.82, 2.24) is 14.2 Å². The van der Waals surface area contributed by atoms with Crippen LogP contribution in [0.3, 0.4) is 0 Å². The lowest BCUT2D eigenvalue weighted by Crippen LogP contribution is -2.47. The van der Waals surface area contributed by atoms with E-state index in [1.54, 1.807) is 10.4 Å². The first-order valence-corrected chi connectivity index (χ1v) is 10.1. The number of sulfonamides is 1. The Labute approximate surface area is 145 Å². The van der Waals surface area contributed by atoms with Crippen LogP contribution in [0.1, 0.15) is 26.7 Å². The molecule has 3 heterocycles. The lowest BCUT2D eigenvalue weighted by Gasteiger charge is -2.38. The van der Waals surface area contributed by atoms with Gasteiger partial charge < -0.3 is 9.80 Å². The van der Waals surface area contributed by atoms with Crippen LogP contribution in [0.5, 0.6) is 0 Å². The summed E-state index contributed by atoms with van der Waals surface area (Å²) in [5.74, 6) is 0.875. The minimum Gasteiger partial charge on any atom is -0.356 e. The van der Waals surface area contributed by atoms with Crippen molar-refractivity contribution < 1.29 is 8.42 Å². The number of anilines is 1. The van der Waals surface area contributed by atoms with Gasteiger partial charge >= 0.3 is 0 Å². The van der Waals surface area contributed by atoms with Gasteiger partial charge in [0.15, 0.2) is 0 Å². The van der Waals surface area contributed by atoms with E-state index in [4.69, 9.17) is 0 Å². The number of likely N-dealkylation sites (N-methyl/N-ethyl adjacent to an activating group) is 1. The van der Waals surface area contributed by atoms with Gasteiger partial charge in [0.1, 0.15) is 10.7 Å². The normalized spacial score (nSPS) is 23.4.